The van der Waals surface area contributed by atoms with Gasteiger partial charge in [-0.1, -0.05) is 12.2 Å². The van der Waals surface area contributed by atoms with Crippen molar-refractivity contribution in [1.29, 1.82) is 0 Å². The Hall–Kier alpha value is -3.86. The molecule has 3 aromatic rings. The molecule has 5 rings (SSSR count). The molecule has 2 aliphatic rings. The van der Waals surface area contributed by atoms with Crippen LogP contribution in [0, 0.1) is 13.8 Å². The number of allylic oxidation sites excluding steroid dienone is 4. The van der Waals surface area contributed by atoms with Crippen LogP contribution >= 0.6 is 0 Å². The first-order valence-corrected chi connectivity index (χ1v) is 17.2. The van der Waals surface area contributed by atoms with Gasteiger partial charge in [-0.05, 0) is 142 Å². The molecule has 2 aliphatic heterocycles. The van der Waals surface area contributed by atoms with Crippen molar-refractivity contribution in [2.45, 2.75) is 79.1 Å². The van der Waals surface area contributed by atoms with Crippen LogP contribution in [-0.4, -0.2) is 78.5 Å². The summed E-state index contributed by atoms with van der Waals surface area (Å²) in [7, 11) is 0. The quantitative estimate of drug-likeness (QED) is 0.109. The van der Waals surface area contributed by atoms with Crippen molar-refractivity contribution in [2.24, 2.45) is 0 Å². The van der Waals surface area contributed by atoms with Gasteiger partial charge in [0.25, 0.3) is 0 Å². The topological polar surface area (TPSA) is 159 Å². The third-order valence-electron chi connectivity index (χ3n) is 9.70. The number of hydrogen-bond acceptors (Lipinski definition) is 7. The lowest BCUT2D eigenvalue weighted by atomic mass is 9.94. The first-order valence-electron chi connectivity index (χ1n) is 17.2. The monoisotopic (exact) mass is 654 g/mol. The second-order valence-corrected chi connectivity index (χ2v) is 12.8. The van der Waals surface area contributed by atoms with E-state index in [2.05, 4.69) is 55.9 Å². The number of nitrogens with zero attached hydrogens (tertiary/aromatic N) is 2. The van der Waals surface area contributed by atoms with Crippen LogP contribution in [0.5, 0.6) is 0 Å². The molecule has 256 valence electrons. The van der Waals surface area contributed by atoms with Crippen LogP contribution < -0.4 is 0 Å². The zero-order valence-corrected chi connectivity index (χ0v) is 28.7. The van der Waals surface area contributed by atoms with Gasteiger partial charge >= 0.3 is 0 Å². The highest BCUT2D eigenvalue weighted by Gasteiger charge is 2.25. The number of rotatable bonds is 14. The molecule has 7 N–H and O–H groups in total. The van der Waals surface area contributed by atoms with E-state index >= 15 is 0 Å². The van der Waals surface area contributed by atoms with Gasteiger partial charge in [0.05, 0.1) is 29.4 Å². The SMILES string of the molecule is CC1=C(CCCO)c2nc1cc1[nH]c(cc3[nH]c(cc4nc(c2/C=C/CO)C(C)=C4CCCO)c(C)c3CCCO)c(C)c1CCCO. The van der Waals surface area contributed by atoms with E-state index in [4.69, 9.17) is 9.97 Å². The van der Waals surface area contributed by atoms with Gasteiger partial charge in [0, 0.05) is 54.1 Å². The van der Waals surface area contributed by atoms with Crippen LogP contribution in [0.4, 0.5) is 0 Å². The number of aliphatic hydroxyl groups is 5. The van der Waals surface area contributed by atoms with Crippen LogP contribution in [0.25, 0.3) is 50.4 Å². The molecule has 0 atom stereocenters. The molecule has 8 bridgehead atoms. The highest BCUT2D eigenvalue weighted by Crippen LogP contribution is 2.41. The van der Waals surface area contributed by atoms with E-state index in [1.807, 2.05) is 6.08 Å². The van der Waals surface area contributed by atoms with Gasteiger partial charge < -0.3 is 35.5 Å². The molecule has 5 heterocycles. The maximum atomic E-state index is 9.88. The lowest BCUT2D eigenvalue weighted by molar-refractivity contribution is 0.288. The summed E-state index contributed by atoms with van der Waals surface area (Å²) in [5.41, 5.74) is 16.4. The number of nitrogens with one attached hydrogen (secondary N) is 2. The van der Waals surface area contributed by atoms with Crippen LogP contribution in [0.1, 0.15) is 103 Å². The Morgan fingerprint density at radius 1 is 0.562 bits per heavy atom. The number of aliphatic hydroxyl groups excluding tert-OH is 5. The summed E-state index contributed by atoms with van der Waals surface area (Å²) in [5, 5.41) is 49.0. The van der Waals surface area contributed by atoms with Crippen molar-refractivity contribution in [3.8, 4) is 0 Å². The molecular formula is C39H50N4O5. The second kappa shape index (κ2) is 16.0. The van der Waals surface area contributed by atoms with Gasteiger partial charge in [0.1, 0.15) is 0 Å². The number of H-pyrrole nitrogens is 2. The van der Waals surface area contributed by atoms with Crippen molar-refractivity contribution in [3.63, 3.8) is 0 Å². The minimum atomic E-state index is -0.138. The average molecular weight is 655 g/mol. The molecule has 0 amide bonds. The molecule has 0 aromatic carbocycles. The fourth-order valence-corrected chi connectivity index (χ4v) is 7.00. The van der Waals surface area contributed by atoms with Crippen molar-refractivity contribution in [2.75, 3.05) is 33.0 Å². The molecule has 0 spiro atoms. The molecule has 48 heavy (non-hydrogen) atoms. The van der Waals surface area contributed by atoms with Gasteiger partial charge in [-0.2, -0.15) is 0 Å². The standard InChI is InChI=1S/C39H50N4O5/c1-23-28(11-6-16-45)36-22-34-25(3)30(13-8-18-47)39(42-34)31(14-9-19-48)38-26(4)29(12-7-17-46)37(43-38)21-33-24(2)27(10-5-15-44)35(41-33)20-32(23)40-36/h9,14,20-22,40-41,44-48H,5-8,10-13,15-19H2,1-4H3/b14-9+,32-20?,33-21?,34-22?,35-20?,36-22?,37-21?,38-31?,39-31?. The zero-order valence-electron chi connectivity index (χ0n) is 28.7. The largest absolute Gasteiger partial charge is 0.396 e. The second-order valence-electron chi connectivity index (χ2n) is 12.8. The van der Waals surface area contributed by atoms with Crippen LogP contribution in [0.3, 0.4) is 0 Å². The van der Waals surface area contributed by atoms with Gasteiger partial charge in [-0.3, -0.25) is 0 Å². The molecule has 0 aliphatic carbocycles. The Morgan fingerprint density at radius 2 is 1.06 bits per heavy atom. The number of hydrogen-bond donors (Lipinski definition) is 7. The lowest BCUT2D eigenvalue weighted by Crippen LogP contribution is -1.95. The predicted octanol–water partition coefficient (Wildman–Crippen LogP) is 6.19. The number of aryl methyl sites for hydroxylation is 4. The molecule has 3 aromatic heterocycles. The number of fused-ring (bicyclic) bond motifs is 8. The first kappa shape index (κ1) is 35.4. The van der Waals surface area contributed by atoms with Crippen molar-refractivity contribution < 1.29 is 25.5 Å². The van der Waals surface area contributed by atoms with Crippen LogP contribution in [-0.2, 0) is 12.8 Å². The van der Waals surface area contributed by atoms with Crippen molar-refractivity contribution in [1.82, 2.24) is 19.9 Å². The lowest BCUT2D eigenvalue weighted by Gasteiger charge is -2.09. The van der Waals surface area contributed by atoms with E-state index in [1.54, 1.807) is 6.08 Å². The molecule has 0 radical (unpaired) electrons. The van der Waals surface area contributed by atoms with E-state index in [-0.39, 0.29) is 33.0 Å². The average Bonchev–Trinajstić information content (AvgIpc) is 3.75. The smallest absolute Gasteiger partial charge is 0.0766 e. The van der Waals surface area contributed by atoms with Crippen LogP contribution in [0.15, 0.2) is 24.3 Å². The van der Waals surface area contributed by atoms with Gasteiger partial charge in [0.15, 0.2) is 0 Å². The third-order valence-corrected chi connectivity index (χ3v) is 9.70. The Labute approximate surface area is 282 Å². The normalized spacial score (nSPS) is 13.5. The van der Waals surface area contributed by atoms with E-state index in [0.29, 0.717) is 51.4 Å². The molecule has 0 saturated heterocycles. The Balaban J connectivity index is 2.00. The summed E-state index contributed by atoms with van der Waals surface area (Å²) in [6.45, 7) is 8.52. The Kier molecular flexibility index (Phi) is 11.8. The third kappa shape index (κ3) is 7.11. The fourth-order valence-electron chi connectivity index (χ4n) is 7.00. The summed E-state index contributed by atoms with van der Waals surface area (Å²) >= 11 is 0. The van der Waals surface area contributed by atoms with E-state index in [1.165, 1.54) is 0 Å². The molecule has 9 heteroatoms. The highest BCUT2D eigenvalue weighted by molar-refractivity contribution is 5.99. The minimum Gasteiger partial charge on any atom is -0.396 e. The Bertz CT molecular complexity index is 1910. The first-order chi connectivity index (χ1) is 23.3. The zero-order chi connectivity index (χ0) is 34.4. The van der Waals surface area contributed by atoms with Gasteiger partial charge in [-0.25, -0.2) is 9.97 Å². The summed E-state index contributed by atoms with van der Waals surface area (Å²) in [5.74, 6) is 0. The Morgan fingerprint density at radius 3 is 1.65 bits per heavy atom. The maximum Gasteiger partial charge on any atom is 0.0766 e. The van der Waals surface area contributed by atoms with Crippen LogP contribution in [0.2, 0.25) is 0 Å². The molecule has 0 fully saturated rings. The van der Waals surface area contributed by atoms with Crippen molar-refractivity contribution >= 4 is 50.4 Å². The highest BCUT2D eigenvalue weighted by atomic mass is 16.3. The van der Waals surface area contributed by atoms with E-state index < -0.39 is 0 Å². The number of aromatic nitrogens is 4. The molecule has 9 nitrogen and oxygen atoms in total. The van der Waals surface area contributed by atoms with Gasteiger partial charge in [0.2, 0.25) is 0 Å². The molecule has 0 unspecified atom stereocenters. The fraction of sp³-hybridized carbons (Fsp3) is 0.436. The minimum absolute atomic E-state index is 0.0565. The predicted molar refractivity (Wildman–Crippen MR) is 195 cm³/mol. The molecule has 0 saturated carbocycles. The van der Waals surface area contributed by atoms with Gasteiger partial charge in [-0.15, -0.1) is 0 Å². The van der Waals surface area contributed by atoms with Crippen molar-refractivity contribution in [3.05, 3.63) is 74.9 Å². The van der Waals surface area contributed by atoms with E-state index in [9.17, 15) is 25.5 Å². The van der Waals surface area contributed by atoms with E-state index in [0.717, 1.165) is 95.0 Å². The summed E-state index contributed by atoms with van der Waals surface area (Å²) in [6, 6.07) is 6.33. The summed E-state index contributed by atoms with van der Waals surface area (Å²) in [4.78, 5) is 17.8. The number of aromatic amines is 2. The molecular weight excluding hydrogens is 604 g/mol. The summed E-state index contributed by atoms with van der Waals surface area (Å²) < 4.78 is 0. The summed E-state index contributed by atoms with van der Waals surface area (Å²) in [6.07, 6.45) is 8.76. The maximum absolute atomic E-state index is 9.88.